The molecule has 0 aliphatic rings. The summed E-state index contributed by atoms with van der Waals surface area (Å²) >= 11 is 1.39. The van der Waals surface area contributed by atoms with Crippen molar-refractivity contribution in [2.24, 2.45) is 0 Å². The summed E-state index contributed by atoms with van der Waals surface area (Å²) in [6.45, 7) is 6.63. The first-order valence-electron chi connectivity index (χ1n) is 7.44. The van der Waals surface area contributed by atoms with Crippen LogP contribution in [-0.2, 0) is 0 Å². The summed E-state index contributed by atoms with van der Waals surface area (Å²) in [6.07, 6.45) is 0.975. The first-order valence-corrected chi connectivity index (χ1v) is 8.32. The minimum absolute atomic E-state index is 0.0736. The molecule has 1 amide bonds. The Morgan fingerprint density at radius 3 is 2.59 bits per heavy atom. The van der Waals surface area contributed by atoms with Crippen LogP contribution < -0.4 is 15.8 Å². The highest BCUT2D eigenvalue weighted by Crippen LogP contribution is 2.34. The molecule has 1 aromatic heterocycles. The summed E-state index contributed by atoms with van der Waals surface area (Å²) in [7, 11) is 0. The molecule has 3 N–H and O–H groups in total. The number of nitrogen functional groups attached to an aromatic ring is 1. The Balaban J connectivity index is 2.27. The Labute approximate surface area is 135 Å². The molecule has 5 heteroatoms. The Kier molecular flexibility index (Phi) is 5.44. The van der Waals surface area contributed by atoms with Crippen molar-refractivity contribution < 1.29 is 9.53 Å². The van der Waals surface area contributed by atoms with E-state index in [9.17, 15) is 4.79 Å². The molecule has 0 unspecified atom stereocenters. The van der Waals surface area contributed by atoms with E-state index in [2.05, 4.69) is 12.2 Å². The lowest BCUT2D eigenvalue weighted by Gasteiger charge is -2.11. The molecule has 1 heterocycles. The molecule has 0 spiro atoms. The van der Waals surface area contributed by atoms with Crippen molar-refractivity contribution in [2.45, 2.75) is 33.2 Å². The van der Waals surface area contributed by atoms with E-state index in [0.29, 0.717) is 17.2 Å². The van der Waals surface area contributed by atoms with Crippen molar-refractivity contribution in [3.05, 3.63) is 35.2 Å². The highest BCUT2D eigenvalue weighted by Gasteiger charge is 2.19. The maximum absolute atomic E-state index is 12.3. The molecule has 0 saturated heterocycles. The smallest absolute Gasteiger partial charge is 0.255 e. The molecule has 2 aromatic rings. The number of ether oxygens (including phenoxy) is 1. The third kappa shape index (κ3) is 3.80. The van der Waals surface area contributed by atoms with Gasteiger partial charge in [0.1, 0.15) is 5.75 Å². The minimum atomic E-state index is -0.130. The normalized spacial score (nSPS) is 10.7. The van der Waals surface area contributed by atoms with Gasteiger partial charge in [-0.25, -0.2) is 0 Å². The van der Waals surface area contributed by atoms with Crippen LogP contribution in [-0.4, -0.2) is 18.6 Å². The van der Waals surface area contributed by atoms with Gasteiger partial charge in [-0.3, -0.25) is 4.79 Å². The lowest BCUT2D eigenvalue weighted by atomic mass is 10.0. The summed E-state index contributed by atoms with van der Waals surface area (Å²) < 4.78 is 5.58. The molecule has 0 radical (unpaired) electrons. The zero-order valence-electron chi connectivity index (χ0n) is 13.2. The average molecular weight is 318 g/mol. The van der Waals surface area contributed by atoms with Gasteiger partial charge in [-0.2, -0.15) is 0 Å². The molecule has 2 rings (SSSR count). The second-order valence-electron chi connectivity index (χ2n) is 5.39. The van der Waals surface area contributed by atoms with E-state index in [4.69, 9.17) is 10.5 Å². The fourth-order valence-corrected chi connectivity index (χ4v) is 2.92. The summed E-state index contributed by atoms with van der Waals surface area (Å²) in [5.74, 6) is 0.706. The number of nitrogens with two attached hydrogens (primary N) is 1. The predicted octanol–water partition coefficient (Wildman–Crippen LogP) is 3.92. The molecule has 0 aliphatic carbocycles. The van der Waals surface area contributed by atoms with Crippen LogP contribution in [0.3, 0.4) is 0 Å². The highest BCUT2D eigenvalue weighted by atomic mass is 32.1. The number of thiophene rings is 1. The second-order valence-corrected chi connectivity index (χ2v) is 6.30. The Bertz CT molecular complexity index is 633. The van der Waals surface area contributed by atoms with E-state index in [0.717, 1.165) is 23.3 Å². The molecular formula is C17H22N2O2S. The second kappa shape index (κ2) is 7.31. The Morgan fingerprint density at radius 1 is 1.32 bits per heavy atom. The number of carbonyl (C=O) groups excluding carboxylic acids is 1. The standard InChI is InChI=1S/C17H22N2O2S/c1-4-9-21-13-7-5-12(6-8-13)14-10-22-16(18)15(14)17(20)19-11(2)3/h5-8,10-11H,4,9,18H2,1-3H3,(H,19,20). The maximum atomic E-state index is 12.3. The maximum Gasteiger partial charge on any atom is 0.255 e. The fourth-order valence-electron chi connectivity index (χ4n) is 2.10. The minimum Gasteiger partial charge on any atom is -0.494 e. The molecule has 0 fully saturated rings. The topological polar surface area (TPSA) is 64.3 Å². The van der Waals surface area contributed by atoms with Gasteiger partial charge in [0.25, 0.3) is 5.91 Å². The van der Waals surface area contributed by atoms with Crippen molar-refractivity contribution in [2.75, 3.05) is 12.3 Å². The zero-order valence-corrected chi connectivity index (χ0v) is 14.0. The van der Waals surface area contributed by atoms with Crippen LogP contribution in [0, 0.1) is 0 Å². The lowest BCUT2D eigenvalue weighted by Crippen LogP contribution is -2.30. The highest BCUT2D eigenvalue weighted by molar-refractivity contribution is 7.15. The average Bonchev–Trinajstić information content (AvgIpc) is 2.87. The van der Waals surface area contributed by atoms with Gasteiger partial charge in [0, 0.05) is 17.0 Å². The van der Waals surface area contributed by atoms with Crippen LogP contribution in [0.5, 0.6) is 5.75 Å². The van der Waals surface area contributed by atoms with E-state index in [1.807, 2.05) is 43.5 Å². The first kappa shape index (κ1) is 16.4. The zero-order chi connectivity index (χ0) is 16.1. The SMILES string of the molecule is CCCOc1ccc(-c2csc(N)c2C(=O)NC(C)C)cc1. The van der Waals surface area contributed by atoms with Crippen molar-refractivity contribution in [1.29, 1.82) is 0 Å². The molecule has 22 heavy (non-hydrogen) atoms. The molecule has 4 nitrogen and oxygen atoms in total. The number of hydrogen-bond acceptors (Lipinski definition) is 4. The third-order valence-electron chi connectivity index (χ3n) is 3.10. The number of carbonyl (C=O) groups is 1. The number of benzene rings is 1. The number of hydrogen-bond donors (Lipinski definition) is 2. The third-order valence-corrected chi connectivity index (χ3v) is 3.92. The van der Waals surface area contributed by atoms with Crippen molar-refractivity contribution in [3.63, 3.8) is 0 Å². The quantitative estimate of drug-likeness (QED) is 0.848. The summed E-state index contributed by atoms with van der Waals surface area (Å²) in [4.78, 5) is 12.3. The molecular weight excluding hydrogens is 296 g/mol. The molecule has 1 aromatic carbocycles. The van der Waals surface area contributed by atoms with Crippen LogP contribution in [0.1, 0.15) is 37.6 Å². The van der Waals surface area contributed by atoms with Crippen LogP contribution >= 0.6 is 11.3 Å². The molecule has 118 valence electrons. The van der Waals surface area contributed by atoms with Gasteiger partial charge in [0.05, 0.1) is 17.2 Å². The summed E-state index contributed by atoms with van der Waals surface area (Å²) in [5.41, 5.74) is 8.37. The molecule has 0 aliphatic heterocycles. The summed E-state index contributed by atoms with van der Waals surface area (Å²) in [6, 6.07) is 7.83. The molecule has 0 bridgehead atoms. The van der Waals surface area contributed by atoms with Gasteiger partial charge < -0.3 is 15.8 Å². The fraction of sp³-hybridized carbons (Fsp3) is 0.353. The Hall–Kier alpha value is -2.01. The van der Waals surface area contributed by atoms with Gasteiger partial charge in [-0.15, -0.1) is 11.3 Å². The van der Waals surface area contributed by atoms with Crippen LogP contribution in [0.2, 0.25) is 0 Å². The van der Waals surface area contributed by atoms with E-state index in [1.165, 1.54) is 11.3 Å². The Morgan fingerprint density at radius 2 is 2.00 bits per heavy atom. The van der Waals surface area contributed by atoms with E-state index >= 15 is 0 Å². The largest absolute Gasteiger partial charge is 0.494 e. The summed E-state index contributed by atoms with van der Waals surface area (Å²) in [5, 5.41) is 5.36. The van der Waals surface area contributed by atoms with E-state index in [-0.39, 0.29) is 11.9 Å². The van der Waals surface area contributed by atoms with Gasteiger partial charge >= 0.3 is 0 Å². The molecule has 0 atom stereocenters. The number of nitrogens with one attached hydrogen (secondary N) is 1. The van der Waals surface area contributed by atoms with Gasteiger partial charge in [0.15, 0.2) is 0 Å². The van der Waals surface area contributed by atoms with Crippen LogP contribution in [0.25, 0.3) is 11.1 Å². The first-order chi connectivity index (χ1) is 10.5. The van der Waals surface area contributed by atoms with Crippen molar-refractivity contribution in [3.8, 4) is 16.9 Å². The predicted molar refractivity (Wildman–Crippen MR) is 92.6 cm³/mol. The number of rotatable bonds is 6. The van der Waals surface area contributed by atoms with Gasteiger partial charge in [-0.1, -0.05) is 19.1 Å². The van der Waals surface area contributed by atoms with E-state index in [1.54, 1.807) is 0 Å². The van der Waals surface area contributed by atoms with Crippen LogP contribution in [0.15, 0.2) is 29.6 Å². The number of amides is 1. The van der Waals surface area contributed by atoms with E-state index < -0.39 is 0 Å². The van der Waals surface area contributed by atoms with Crippen molar-refractivity contribution >= 4 is 22.2 Å². The van der Waals surface area contributed by atoms with Crippen molar-refractivity contribution in [1.82, 2.24) is 5.32 Å². The van der Waals surface area contributed by atoms with Crippen LogP contribution in [0.4, 0.5) is 5.00 Å². The van der Waals surface area contributed by atoms with Gasteiger partial charge in [-0.05, 0) is 38.0 Å². The monoisotopic (exact) mass is 318 g/mol. The molecule has 0 saturated carbocycles. The number of anilines is 1. The lowest BCUT2D eigenvalue weighted by molar-refractivity contribution is 0.0945. The van der Waals surface area contributed by atoms with Gasteiger partial charge in [0.2, 0.25) is 0 Å².